The molecule has 0 amide bonds. The van der Waals surface area contributed by atoms with Crippen LogP contribution in [0.2, 0.25) is 0 Å². The van der Waals surface area contributed by atoms with Crippen LogP contribution in [0, 0.1) is 11.6 Å². The molecule has 0 saturated heterocycles. The minimum Gasteiger partial charge on any atom is -0.505 e. The summed E-state index contributed by atoms with van der Waals surface area (Å²) in [6.07, 6.45) is 2.81. The molecule has 0 atom stereocenters. The van der Waals surface area contributed by atoms with E-state index in [1.165, 1.54) is 6.07 Å². The number of halogens is 2. The summed E-state index contributed by atoms with van der Waals surface area (Å²) in [6.45, 7) is 0. The quantitative estimate of drug-likeness (QED) is 0.795. The molecule has 2 nitrogen and oxygen atoms in total. The molecule has 1 aromatic rings. The Morgan fingerprint density at radius 3 is 2.50 bits per heavy atom. The molecular formula is C10H10F2O2. The summed E-state index contributed by atoms with van der Waals surface area (Å²) in [4.78, 5) is 0. The maximum absolute atomic E-state index is 13.1. The highest BCUT2D eigenvalue weighted by atomic mass is 19.2. The Hall–Kier alpha value is -1.32. The summed E-state index contributed by atoms with van der Waals surface area (Å²) in [6, 6.07) is 2.33. The SMILES string of the molecule is Oc1ccc(OC2CCC2)c(F)c1F. The van der Waals surface area contributed by atoms with Crippen LogP contribution in [0.5, 0.6) is 11.5 Å². The average Bonchev–Trinajstić information content (AvgIpc) is 2.10. The second kappa shape index (κ2) is 3.44. The van der Waals surface area contributed by atoms with Crippen molar-refractivity contribution in [3.05, 3.63) is 23.8 Å². The number of rotatable bonds is 2. The number of benzene rings is 1. The van der Waals surface area contributed by atoms with Gasteiger partial charge in [0.15, 0.2) is 11.5 Å². The second-order valence-corrected chi connectivity index (χ2v) is 3.38. The summed E-state index contributed by atoms with van der Waals surface area (Å²) in [5, 5.41) is 8.86. The zero-order valence-electron chi connectivity index (χ0n) is 7.46. The lowest BCUT2D eigenvalue weighted by Crippen LogP contribution is -2.25. The van der Waals surface area contributed by atoms with Crippen LogP contribution in [-0.4, -0.2) is 11.2 Å². The van der Waals surface area contributed by atoms with Gasteiger partial charge in [-0.25, -0.2) is 0 Å². The van der Waals surface area contributed by atoms with Gasteiger partial charge in [-0.15, -0.1) is 0 Å². The zero-order valence-corrected chi connectivity index (χ0v) is 7.46. The number of phenolic OH excluding ortho intramolecular Hbond substituents is 1. The molecule has 1 aromatic carbocycles. The molecule has 1 fully saturated rings. The Morgan fingerprint density at radius 2 is 1.93 bits per heavy atom. The topological polar surface area (TPSA) is 29.5 Å². The van der Waals surface area contributed by atoms with Crippen molar-refractivity contribution in [1.29, 1.82) is 0 Å². The lowest BCUT2D eigenvalue weighted by atomic mass is 9.96. The highest BCUT2D eigenvalue weighted by Crippen LogP contribution is 2.30. The highest BCUT2D eigenvalue weighted by molar-refractivity contribution is 5.34. The molecule has 0 bridgehead atoms. The van der Waals surface area contributed by atoms with Crippen LogP contribution in [0.25, 0.3) is 0 Å². The first-order valence-corrected chi connectivity index (χ1v) is 4.52. The van der Waals surface area contributed by atoms with Crippen LogP contribution in [0.15, 0.2) is 12.1 Å². The molecule has 4 heteroatoms. The van der Waals surface area contributed by atoms with Gasteiger partial charge in [-0.05, 0) is 31.4 Å². The van der Waals surface area contributed by atoms with Crippen molar-refractivity contribution in [2.45, 2.75) is 25.4 Å². The molecule has 0 heterocycles. The summed E-state index contributed by atoms with van der Waals surface area (Å²) in [5.41, 5.74) is 0. The van der Waals surface area contributed by atoms with Gasteiger partial charge >= 0.3 is 0 Å². The summed E-state index contributed by atoms with van der Waals surface area (Å²) in [5.74, 6) is -3.17. The van der Waals surface area contributed by atoms with E-state index in [9.17, 15) is 8.78 Å². The number of hydrogen-bond donors (Lipinski definition) is 1. The van der Waals surface area contributed by atoms with Gasteiger partial charge in [0, 0.05) is 0 Å². The lowest BCUT2D eigenvalue weighted by molar-refractivity contribution is 0.113. The van der Waals surface area contributed by atoms with E-state index in [0.29, 0.717) is 0 Å². The lowest BCUT2D eigenvalue weighted by Gasteiger charge is -2.26. The number of aromatic hydroxyl groups is 1. The standard InChI is InChI=1S/C10H10F2O2/c11-9-7(13)4-5-8(10(9)12)14-6-2-1-3-6/h4-6,13H,1-3H2. The van der Waals surface area contributed by atoms with Crippen LogP contribution >= 0.6 is 0 Å². The summed E-state index contributed by atoms with van der Waals surface area (Å²) >= 11 is 0. The van der Waals surface area contributed by atoms with Crippen LogP contribution in [0.3, 0.4) is 0 Å². The Balaban J connectivity index is 2.20. The molecule has 0 spiro atoms. The molecule has 0 unspecified atom stereocenters. The highest BCUT2D eigenvalue weighted by Gasteiger charge is 2.22. The van der Waals surface area contributed by atoms with Crippen molar-refractivity contribution in [1.82, 2.24) is 0 Å². The first kappa shape index (κ1) is 9.24. The third-order valence-electron chi connectivity index (χ3n) is 2.37. The molecule has 1 aliphatic rings. The van der Waals surface area contributed by atoms with Gasteiger partial charge in [0.1, 0.15) is 0 Å². The first-order chi connectivity index (χ1) is 6.68. The fraction of sp³-hybridized carbons (Fsp3) is 0.400. The third kappa shape index (κ3) is 1.52. The fourth-order valence-electron chi connectivity index (χ4n) is 1.28. The van der Waals surface area contributed by atoms with Crippen molar-refractivity contribution >= 4 is 0 Å². The maximum atomic E-state index is 13.1. The predicted molar refractivity (Wildman–Crippen MR) is 46.3 cm³/mol. The Kier molecular flexibility index (Phi) is 2.27. The molecule has 1 N–H and O–H groups in total. The van der Waals surface area contributed by atoms with Crippen LogP contribution in [0.4, 0.5) is 8.78 Å². The Labute approximate surface area is 80.1 Å². The van der Waals surface area contributed by atoms with Gasteiger partial charge < -0.3 is 9.84 Å². The first-order valence-electron chi connectivity index (χ1n) is 4.52. The van der Waals surface area contributed by atoms with Gasteiger partial charge in [0.2, 0.25) is 11.6 Å². The molecule has 1 aliphatic carbocycles. The van der Waals surface area contributed by atoms with E-state index in [-0.39, 0.29) is 11.9 Å². The van der Waals surface area contributed by atoms with Gasteiger partial charge in [0.25, 0.3) is 0 Å². The molecule has 2 rings (SSSR count). The van der Waals surface area contributed by atoms with E-state index in [4.69, 9.17) is 9.84 Å². The largest absolute Gasteiger partial charge is 0.505 e. The van der Waals surface area contributed by atoms with E-state index in [1.807, 2.05) is 0 Å². The van der Waals surface area contributed by atoms with Crippen molar-refractivity contribution in [2.24, 2.45) is 0 Å². The van der Waals surface area contributed by atoms with Crippen molar-refractivity contribution < 1.29 is 18.6 Å². The smallest absolute Gasteiger partial charge is 0.204 e. The minimum atomic E-state index is -1.25. The van der Waals surface area contributed by atoms with E-state index in [0.717, 1.165) is 25.3 Å². The summed E-state index contributed by atoms with van der Waals surface area (Å²) in [7, 11) is 0. The normalized spacial score (nSPS) is 16.4. The summed E-state index contributed by atoms with van der Waals surface area (Å²) < 4.78 is 31.2. The van der Waals surface area contributed by atoms with Gasteiger partial charge in [-0.2, -0.15) is 8.78 Å². The zero-order chi connectivity index (χ0) is 10.1. The number of ether oxygens (including phenoxy) is 1. The van der Waals surface area contributed by atoms with Crippen LogP contribution in [0.1, 0.15) is 19.3 Å². The molecule has 76 valence electrons. The van der Waals surface area contributed by atoms with E-state index in [1.54, 1.807) is 0 Å². The number of hydrogen-bond acceptors (Lipinski definition) is 2. The van der Waals surface area contributed by atoms with Crippen LogP contribution in [-0.2, 0) is 0 Å². The number of phenols is 1. The van der Waals surface area contributed by atoms with Crippen LogP contribution < -0.4 is 4.74 Å². The van der Waals surface area contributed by atoms with E-state index >= 15 is 0 Å². The molecule has 1 saturated carbocycles. The van der Waals surface area contributed by atoms with Gasteiger partial charge in [0.05, 0.1) is 6.10 Å². The predicted octanol–water partition coefficient (Wildman–Crippen LogP) is 2.60. The molecule has 0 aromatic heterocycles. The van der Waals surface area contributed by atoms with Crippen molar-refractivity contribution in [3.63, 3.8) is 0 Å². The molecule has 0 radical (unpaired) electrons. The van der Waals surface area contributed by atoms with E-state index in [2.05, 4.69) is 0 Å². The molecule has 14 heavy (non-hydrogen) atoms. The monoisotopic (exact) mass is 200 g/mol. The Morgan fingerprint density at radius 1 is 1.21 bits per heavy atom. The van der Waals surface area contributed by atoms with E-state index < -0.39 is 17.4 Å². The van der Waals surface area contributed by atoms with Gasteiger partial charge in [-0.1, -0.05) is 0 Å². The van der Waals surface area contributed by atoms with Gasteiger partial charge in [-0.3, -0.25) is 0 Å². The molecule has 0 aliphatic heterocycles. The minimum absolute atomic E-state index is 0.00607. The van der Waals surface area contributed by atoms with Crippen molar-refractivity contribution in [2.75, 3.05) is 0 Å². The van der Waals surface area contributed by atoms with Crippen molar-refractivity contribution in [3.8, 4) is 11.5 Å². The molecular weight excluding hydrogens is 190 g/mol. The average molecular weight is 200 g/mol. The second-order valence-electron chi connectivity index (χ2n) is 3.38. The maximum Gasteiger partial charge on any atom is 0.204 e. The Bertz CT molecular complexity index is 348. The fourth-order valence-corrected chi connectivity index (χ4v) is 1.28. The third-order valence-corrected chi connectivity index (χ3v) is 2.37.